The Kier molecular flexibility index (Phi) is 4.30. The van der Waals surface area contributed by atoms with E-state index in [0.29, 0.717) is 12.5 Å². The van der Waals surface area contributed by atoms with E-state index in [-0.39, 0.29) is 6.03 Å². The van der Waals surface area contributed by atoms with Gasteiger partial charge in [-0.15, -0.1) is 0 Å². The first-order valence-corrected chi connectivity index (χ1v) is 6.18. The Labute approximate surface area is 112 Å². The van der Waals surface area contributed by atoms with Crippen LogP contribution in [0, 0.1) is 0 Å². The number of benzene rings is 1. The Morgan fingerprint density at radius 2 is 2.11 bits per heavy atom. The van der Waals surface area contributed by atoms with Gasteiger partial charge in [-0.2, -0.15) is 10.1 Å². The molecule has 0 aliphatic heterocycles. The molecule has 1 aromatic carbocycles. The molecule has 6 nitrogen and oxygen atoms in total. The Hall–Kier alpha value is -1.89. The minimum absolute atomic E-state index is 0.302. The molecule has 0 saturated carbocycles. The largest absolute Gasteiger partial charge is 0.337 e. The molecule has 0 unspecified atom stereocenters. The number of urea groups is 1. The van der Waals surface area contributed by atoms with Crippen molar-refractivity contribution in [3.8, 4) is 0 Å². The predicted octanol–water partition coefficient (Wildman–Crippen LogP) is 1.93. The molecule has 3 N–H and O–H groups in total. The molecule has 1 aromatic heterocycles. The lowest BCUT2D eigenvalue weighted by Gasteiger charge is -2.05. The number of nitrogens with zero attached hydrogens (tertiary/aromatic N) is 2. The topological polar surface area (TPSA) is 82.7 Å². The highest BCUT2D eigenvalue weighted by atomic mass is 79.9. The van der Waals surface area contributed by atoms with Gasteiger partial charge in [-0.1, -0.05) is 28.1 Å². The van der Waals surface area contributed by atoms with Crippen molar-refractivity contribution in [3.05, 3.63) is 40.6 Å². The standard InChI is InChI=1S/C11H12BrN5O/c12-9-3-1-8(2-4-9)5-6-13-11(18)16-10-14-7-15-17-10/h1-4,7H,5-6H2,(H3,13,14,15,16,17,18). The molecule has 0 aliphatic carbocycles. The molecule has 0 fully saturated rings. The first-order valence-electron chi connectivity index (χ1n) is 5.39. The van der Waals surface area contributed by atoms with Crippen LogP contribution in [-0.4, -0.2) is 27.8 Å². The molecule has 1 heterocycles. The van der Waals surface area contributed by atoms with E-state index in [2.05, 4.69) is 41.7 Å². The number of carbonyl (C=O) groups is 1. The molecule has 0 saturated heterocycles. The van der Waals surface area contributed by atoms with Gasteiger partial charge in [-0.05, 0) is 24.1 Å². The molecule has 94 valence electrons. The number of nitrogens with one attached hydrogen (secondary N) is 3. The van der Waals surface area contributed by atoms with Gasteiger partial charge < -0.3 is 5.32 Å². The molecule has 18 heavy (non-hydrogen) atoms. The van der Waals surface area contributed by atoms with E-state index in [0.717, 1.165) is 16.5 Å². The maximum absolute atomic E-state index is 11.4. The fourth-order valence-electron chi connectivity index (χ4n) is 1.39. The second kappa shape index (κ2) is 6.15. The fraction of sp³-hybridized carbons (Fsp3) is 0.182. The highest BCUT2D eigenvalue weighted by Crippen LogP contribution is 2.10. The summed E-state index contributed by atoms with van der Waals surface area (Å²) in [7, 11) is 0. The summed E-state index contributed by atoms with van der Waals surface area (Å²) in [6.45, 7) is 0.557. The van der Waals surface area contributed by atoms with Crippen LogP contribution in [0.15, 0.2) is 35.1 Å². The second-order valence-corrected chi connectivity index (χ2v) is 4.51. The second-order valence-electron chi connectivity index (χ2n) is 3.59. The Morgan fingerprint density at radius 3 is 2.78 bits per heavy atom. The number of amides is 2. The summed E-state index contributed by atoms with van der Waals surface area (Å²) < 4.78 is 1.04. The number of halogens is 1. The average Bonchev–Trinajstić information content (AvgIpc) is 2.84. The van der Waals surface area contributed by atoms with Gasteiger partial charge in [0.05, 0.1) is 0 Å². The molecule has 0 atom stereocenters. The number of anilines is 1. The third-order valence-corrected chi connectivity index (χ3v) is 2.79. The van der Waals surface area contributed by atoms with Crippen LogP contribution >= 0.6 is 15.9 Å². The highest BCUT2D eigenvalue weighted by molar-refractivity contribution is 9.10. The molecule has 0 radical (unpaired) electrons. The van der Waals surface area contributed by atoms with Gasteiger partial charge in [0.25, 0.3) is 0 Å². The highest BCUT2D eigenvalue weighted by Gasteiger charge is 2.02. The lowest BCUT2D eigenvalue weighted by molar-refractivity contribution is 0.252. The number of rotatable bonds is 4. The molecule has 2 rings (SSSR count). The Balaban J connectivity index is 1.72. The molecule has 0 spiro atoms. The van der Waals surface area contributed by atoms with Crippen molar-refractivity contribution in [2.24, 2.45) is 0 Å². The quantitative estimate of drug-likeness (QED) is 0.807. The van der Waals surface area contributed by atoms with Crippen LogP contribution in [0.25, 0.3) is 0 Å². The number of carbonyl (C=O) groups excluding carboxylic acids is 1. The number of aromatic nitrogens is 3. The van der Waals surface area contributed by atoms with E-state index in [1.807, 2.05) is 24.3 Å². The zero-order valence-corrected chi connectivity index (χ0v) is 11.1. The summed E-state index contributed by atoms with van der Waals surface area (Å²) in [5.74, 6) is 0.330. The van der Waals surface area contributed by atoms with Crippen LogP contribution in [0.5, 0.6) is 0 Å². The summed E-state index contributed by atoms with van der Waals surface area (Å²) in [6, 6.07) is 7.68. The third kappa shape index (κ3) is 3.85. The van der Waals surface area contributed by atoms with Crippen LogP contribution in [0.2, 0.25) is 0 Å². The summed E-state index contributed by atoms with van der Waals surface area (Å²) in [6.07, 6.45) is 2.11. The van der Waals surface area contributed by atoms with Crippen molar-refractivity contribution in [3.63, 3.8) is 0 Å². The number of aromatic amines is 1. The summed E-state index contributed by atoms with van der Waals surface area (Å²) >= 11 is 3.37. The molecular formula is C11H12BrN5O. The van der Waals surface area contributed by atoms with Crippen LogP contribution in [0.1, 0.15) is 5.56 Å². The number of H-pyrrole nitrogens is 1. The first-order chi connectivity index (χ1) is 8.74. The van der Waals surface area contributed by atoms with Gasteiger partial charge in [0.2, 0.25) is 5.95 Å². The zero-order chi connectivity index (χ0) is 12.8. The molecule has 2 aromatic rings. The van der Waals surface area contributed by atoms with Crippen molar-refractivity contribution >= 4 is 27.9 Å². The van der Waals surface area contributed by atoms with Crippen molar-refractivity contribution < 1.29 is 4.79 Å². The van der Waals surface area contributed by atoms with Gasteiger partial charge in [0.15, 0.2) is 0 Å². The first kappa shape index (κ1) is 12.6. The lowest BCUT2D eigenvalue weighted by Crippen LogP contribution is -2.30. The van der Waals surface area contributed by atoms with E-state index < -0.39 is 0 Å². The van der Waals surface area contributed by atoms with Crippen LogP contribution in [0.4, 0.5) is 10.7 Å². The minimum atomic E-state index is -0.302. The van der Waals surface area contributed by atoms with E-state index in [1.54, 1.807) is 0 Å². The maximum atomic E-state index is 11.4. The van der Waals surface area contributed by atoms with Crippen molar-refractivity contribution in [1.82, 2.24) is 20.5 Å². The van der Waals surface area contributed by atoms with Gasteiger partial charge in [-0.3, -0.25) is 5.32 Å². The molecule has 0 aliphatic rings. The van der Waals surface area contributed by atoms with Gasteiger partial charge >= 0.3 is 6.03 Å². The zero-order valence-electron chi connectivity index (χ0n) is 9.48. The van der Waals surface area contributed by atoms with E-state index in [4.69, 9.17) is 0 Å². The summed E-state index contributed by atoms with van der Waals surface area (Å²) in [5, 5.41) is 11.4. The normalized spacial score (nSPS) is 10.1. The monoisotopic (exact) mass is 309 g/mol. The summed E-state index contributed by atoms with van der Waals surface area (Å²) in [4.78, 5) is 15.2. The van der Waals surface area contributed by atoms with E-state index in [9.17, 15) is 4.79 Å². The van der Waals surface area contributed by atoms with Crippen molar-refractivity contribution in [1.29, 1.82) is 0 Å². The molecule has 7 heteroatoms. The minimum Gasteiger partial charge on any atom is -0.337 e. The molecule has 0 bridgehead atoms. The van der Waals surface area contributed by atoms with Gasteiger partial charge in [0, 0.05) is 11.0 Å². The third-order valence-electron chi connectivity index (χ3n) is 2.26. The molecule has 2 amide bonds. The lowest BCUT2D eigenvalue weighted by atomic mass is 10.1. The molecular weight excluding hydrogens is 298 g/mol. The Bertz CT molecular complexity index is 497. The maximum Gasteiger partial charge on any atom is 0.321 e. The smallest absolute Gasteiger partial charge is 0.321 e. The Morgan fingerprint density at radius 1 is 1.33 bits per heavy atom. The predicted molar refractivity (Wildman–Crippen MR) is 71.3 cm³/mol. The van der Waals surface area contributed by atoms with Crippen LogP contribution < -0.4 is 10.6 Å². The van der Waals surface area contributed by atoms with Crippen molar-refractivity contribution in [2.75, 3.05) is 11.9 Å². The number of hydrogen-bond donors (Lipinski definition) is 3. The fourth-order valence-corrected chi connectivity index (χ4v) is 1.65. The average molecular weight is 310 g/mol. The van der Waals surface area contributed by atoms with Gasteiger partial charge in [-0.25, -0.2) is 9.89 Å². The van der Waals surface area contributed by atoms with Crippen LogP contribution in [0.3, 0.4) is 0 Å². The van der Waals surface area contributed by atoms with Gasteiger partial charge in [0.1, 0.15) is 6.33 Å². The SMILES string of the molecule is O=C(NCCc1ccc(Br)cc1)Nc1ncn[nH]1. The number of hydrogen-bond acceptors (Lipinski definition) is 3. The van der Waals surface area contributed by atoms with E-state index in [1.165, 1.54) is 6.33 Å². The van der Waals surface area contributed by atoms with E-state index >= 15 is 0 Å². The summed E-state index contributed by atoms with van der Waals surface area (Å²) in [5.41, 5.74) is 1.16. The van der Waals surface area contributed by atoms with Crippen molar-refractivity contribution in [2.45, 2.75) is 6.42 Å². The van der Waals surface area contributed by atoms with Crippen LogP contribution in [-0.2, 0) is 6.42 Å².